The van der Waals surface area contributed by atoms with Crippen LogP contribution in [0.3, 0.4) is 0 Å². The van der Waals surface area contributed by atoms with Crippen molar-refractivity contribution in [3.8, 4) is 0 Å². The Balaban J connectivity index is 3.17. The van der Waals surface area contributed by atoms with Crippen molar-refractivity contribution in [1.82, 2.24) is 4.98 Å². The van der Waals surface area contributed by atoms with Crippen LogP contribution in [-0.2, 0) is 10.8 Å². The molecule has 0 aromatic carbocycles. The van der Waals surface area contributed by atoms with Crippen molar-refractivity contribution in [2.45, 2.75) is 53.2 Å². The fourth-order valence-electron chi connectivity index (χ4n) is 1.73. The van der Waals surface area contributed by atoms with Gasteiger partial charge in [0.25, 0.3) is 0 Å². The summed E-state index contributed by atoms with van der Waals surface area (Å²) in [6.07, 6.45) is -3.35. The average Bonchev–Trinajstić information content (AvgIpc) is 2.25. The second kappa shape index (κ2) is 5.52. The molecule has 7 heteroatoms. The van der Waals surface area contributed by atoms with E-state index in [1.165, 1.54) is 0 Å². The third kappa shape index (κ3) is 4.12. The second-order valence-electron chi connectivity index (χ2n) is 6.71. The van der Waals surface area contributed by atoms with Gasteiger partial charge < -0.3 is 10.4 Å². The summed E-state index contributed by atoms with van der Waals surface area (Å²) < 4.78 is 45.2. The van der Waals surface area contributed by atoms with Crippen molar-refractivity contribution < 1.29 is 17.8 Å². The van der Waals surface area contributed by atoms with Crippen LogP contribution in [-0.4, -0.2) is 17.5 Å². The van der Waals surface area contributed by atoms with Crippen molar-refractivity contribution in [1.29, 1.82) is 0 Å². The molecular weight excluding hydrogens is 280 g/mol. The molecular formula is C14H22BF3N2O. The number of halogens is 3. The molecule has 0 saturated carbocycles. The predicted molar refractivity (Wildman–Crippen MR) is 79.5 cm³/mol. The summed E-state index contributed by atoms with van der Waals surface area (Å²) in [5, 5.41) is 0. The van der Waals surface area contributed by atoms with Gasteiger partial charge in [-0.15, -0.1) is 0 Å². The third-order valence-corrected chi connectivity index (χ3v) is 3.98. The molecule has 1 heterocycles. The average molecular weight is 302 g/mol. The largest absolute Gasteiger partial charge is 0.426 e. The highest BCUT2D eigenvalue weighted by atomic mass is 19.4. The van der Waals surface area contributed by atoms with Gasteiger partial charge in [0, 0.05) is 6.20 Å². The lowest BCUT2D eigenvalue weighted by molar-refractivity contribution is -0.136. The SMILES string of the molecule is CB(OC(C)(C)C(C)(C)C)c1cnc(N)cc1C(F)(F)F. The van der Waals surface area contributed by atoms with Crippen LogP contribution < -0.4 is 11.2 Å². The normalized spacial score (nSPS) is 13.4. The van der Waals surface area contributed by atoms with E-state index in [1.54, 1.807) is 6.82 Å². The Morgan fingerprint density at radius 1 is 1.14 bits per heavy atom. The van der Waals surface area contributed by atoms with E-state index in [2.05, 4.69) is 4.98 Å². The maximum atomic E-state index is 13.1. The molecule has 0 aliphatic carbocycles. The number of nitrogens with two attached hydrogens (primary N) is 1. The van der Waals surface area contributed by atoms with Crippen molar-refractivity contribution in [3.63, 3.8) is 0 Å². The summed E-state index contributed by atoms with van der Waals surface area (Å²) in [5.41, 5.74) is 3.74. The molecule has 0 radical (unpaired) electrons. The molecule has 0 fully saturated rings. The standard InChI is InChI=1S/C14H22BF3N2O/c1-12(2,3)13(4,5)21-15(6)10-8-20-11(19)7-9(10)14(16,17)18/h7-8H,1-6H3,(H2,19,20). The molecule has 0 bridgehead atoms. The molecule has 1 rings (SSSR count). The third-order valence-electron chi connectivity index (χ3n) is 3.98. The monoisotopic (exact) mass is 302 g/mol. The molecule has 1 aromatic rings. The van der Waals surface area contributed by atoms with E-state index in [-0.39, 0.29) is 16.7 Å². The number of anilines is 1. The number of aromatic nitrogens is 1. The maximum Gasteiger partial charge on any atom is 0.416 e. The van der Waals surface area contributed by atoms with E-state index in [1.807, 2.05) is 34.6 Å². The Bertz CT molecular complexity index is 510. The number of nitrogen functional groups attached to an aromatic ring is 1. The summed E-state index contributed by atoms with van der Waals surface area (Å²) in [6, 6.07) is 0.847. The van der Waals surface area contributed by atoms with Gasteiger partial charge in [0.05, 0.1) is 11.2 Å². The van der Waals surface area contributed by atoms with Gasteiger partial charge in [-0.2, -0.15) is 13.2 Å². The van der Waals surface area contributed by atoms with Gasteiger partial charge in [-0.05, 0) is 30.8 Å². The Hall–Kier alpha value is -1.24. The molecule has 1 aromatic heterocycles. The molecule has 0 unspecified atom stereocenters. The second-order valence-corrected chi connectivity index (χ2v) is 6.71. The molecule has 0 aliphatic rings. The van der Waals surface area contributed by atoms with Gasteiger partial charge in [-0.3, -0.25) is 0 Å². The first kappa shape index (κ1) is 17.8. The van der Waals surface area contributed by atoms with Crippen LogP contribution in [0.5, 0.6) is 0 Å². The van der Waals surface area contributed by atoms with Gasteiger partial charge in [0.2, 0.25) is 0 Å². The van der Waals surface area contributed by atoms with Crippen molar-refractivity contribution >= 4 is 18.2 Å². The highest BCUT2D eigenvalue weighted by Crippen LogP contribution is 2.34. The minimum atomic E-state index is -4.49. The molecule has 0 atom stereocenters. The van der Waals surface area contributed by atoms with E-state index < -0.39 is 24.3 Å². The highest BCUT2D eigenvalue weighted by molar-refractivity contribution is 6.66. The van der Waals surface area contributed by atoms with E-state index >= 15 is 0 Å². The molecule has 0 aliphatic heterocycles. The van der Waals surface area contributed by atoms with Crippen LogP contribution in [0.25, 0.3) is 0 Å². The lowest BCUT2D eigenvalue weighted by Gasteiger charge is -2.41. The first-order valence-corrected chi connectivity index (χ1v) is 6.76. The van der Waals surface area contributed by atoms with Crippen LogP contribution in [0.1, 0.15) is 40.2 Å². The van der Waals surface area contributed by atoms with Gasteiger partial charge >= 0.3 is 13.1 Å². The number of rotatable bonds is 3. The predicted octanol–water partition coefficient (Wildman–Crippen LogP) is 3.35. The van der Waals surface area contributed by atoms with Gasteiger partial charge in [0.15, 0.2) is 0 Å². The van der Waals surface area contributed by atoms with Crippen LogP contribution in [0.2, 0.25) is 6.82 Å². The van der Waals surface area contributed by atoms with Gasteiger partial charge in [-0.1, -0.05) is 27.6 Å². The maximum absolute atomic E-state index is 13.1. The zero-order valence-corrected chi connectivity index (χ0v) is 13.3. The molecule has 0 saturated heterocycles. The topological polar surface area (TPSA) is 48.1 Å². The quantitative estimate of drug-likeness (QED) is 0.871. The van der Waals surface area contributed by atoms with Crippen LogP contribution in [0, 0.1) is 5.41 Å². The first-order valence-electron chi connectivity index (χ1n) is 6.76. The Morgan fingerprint density at radius 2 is 1.67 bits per heavy atom. The first-order chi connectivity index (χ1) is 9.25. The van der Waals surface area contributed by atoms with E-state index in [0.717, 1.165) is 12.3 Å². The van der Waals surface area contributed by atoms with Crippen molar-refractivity contribution in [2.24, 2.45) is 5.41 Å². The van der Waals surface area contributed by atoms with Gasteiger partial charge in [-0.25, -0.2) is 4.98 Å². The molecule has 0 spiro atoms. The summed E-state index contributed by atoms with van der Waals surface area (Å²) >= 11 is 0. The lowest BCUT2D eigenvalue weighted by Crippen LogP contribution is -2.48. The van der Waals surface area contributed by atoms with Crippen molar-refractivity contribution in [2.75, 3.05) is 5.73 Å². The number of pyridine rings is 1. The minimum absolute atomic E-state index is 0.00553. The van der Waals surface area contributed by atoms with E-state index in [9.17, 15) is 13.2 Å². The molecule has 21 heavy (non-hydrogen) atoms. The highest BCUT2D eigenvalue weighted by Gasteiger charge is 2.40. The Labute approximate surface area is 124 Å². The van der Waals surface area contributed by atoms with E-state index in [0.29, 0.717) is 0 Å². The lowest BCUT2D eigenvalue weighted by atomic mass is 9.60. The van der Waals surface area contributed by atoms with Crippen LogP contribution >= 0.6 is 0 Å². The molecule has 0 amide bonds. The van der Waals surface area contributed by atoms with E-state index in [4.69, 9.17) is 10.4 Å². The summed E-state index contributed by atoms with van der Waals surface area (Å²) in [5.74, 6) is -0.159. The fraction of sp³-hybridized carbons (Fsp3) is 0.643. The molecule has 2 N–H and O–H groups in total. The Kier molecular flexibility index (Phi) is 4.68. The fourth-order valence-corrected chi connectivity index (χ4v) is 1.73. The molecule has 3 nitrogen and oxygen atoms in total. The van der Waals surface area contributed by atoms with Gasteiger partial charge in [0.1, 0.15) is 5.82 Å². The number of hydrogen-bond donors (Lipinski definition) is 1. The minimum Gasteiger partial charge on any atom is -0.426 e. The van der Waals surface area contributed by atoms with Crippen LogP contribution in [0.15, 0.2) is 12.3 Å². The van der Waals surface area contributed by atoms with Crippen molar-refractivity contribution in [3.05, 3.63) is 17.8 Å². The number of alkyl halides is 3. The number of nitrogens with zero attached hydrogens (tertiary/aromatic N) is 1. The zero-order chi connectivity index (χ0) is 16.6. The zero-order valence-electron chi connectivity index (χ0n) is 13.3. The smallest absolute Gasteiger partial charge is 0.416 e. The summed E-state index contributed by atoms with van der Waals surface area (Å²) in [7, 11) is 0. The molecule has 118 valence electrons. The Morgan fingerprint density at radius 3 is 2.10 bits per heavy atom. The summed E-state index contributed by atoms with van der Waals surface area (Å²) in [4.78, 5) is 3.76. The number of hydrogen-bond acceptors (Lipinski definition) is 3. The van der Waals surface area contributed by atoms with Crippen LogP contribution in [0.4, 0.5) is 19.0 Å². The summed E-state index contributed by atoms with van der Waals surface area (Å²) in [6.45, 7) is 10.5.